The Morgan fingerprint density at radius 1 is 1.12 bits per heavy atom. The Hall–Kier alpha value is -2.29. The molecule has 0 amide bonds. The van der Waals surface area contributed by atoms with Crippen molar-refractivity contribution in [2.45, 2.75) is 11.4 Å². The highest BCUT2D eigenvalue weighted by molar-refractivity contribution is 9.10. The molecule has 2 aromatic carbocycles. The summed E-state index contributed by atoms with van der Waals surface area (Å²) in [6.45, 7) is 3.72. The van der Waals surface area contributed by atoms with Crippen LogP contribution in [-0.4, -0.2) is 29.4 Å². The summed E-state index contributed by atoms with van der Waals surface area (Å²) in [6.07, 6.45) is 1.52. The number of benzene rings is 2. The van der Waals surface area contributed by atoms with Crippen LogP contribution in [0.3, 0.4) is 0 Å². The highest BCUT2D eigenvalue weighted by Crippen LogP contribution is 2.21. The number of hydrogen-bond donors (Lipinski definition) is 0. The molecule has 0 aliphatic carbocycles. The van der Waals surface area contributed by atoms with E-state index in [0.29, 0.717) is 5.82 Å². The second-order valence-corrected chi connectivity index (χ2v) is 8.27. The van der Waals surface area contributed by atoms with Gasteiger partial charge in [-0.15, -0.1) is 6.58 Å². The molecule has 0 radical (unpaired) electrons. The molecule has 3 rings (SSSR count). The summed E-state index contributed by atoms with van der Waals surface area (Å²) in [5.74, 6) is 0.631. The molecule has 134 valence electrons. The van der Waals surface area contributed by atoms with Crippen LogP contribution in [0.25, 0.3) is 11.4 Å². The highest BCUT2D eigenvalue weighted by Gasteiger charge is 2.25. The average molecular weight is 434 g/mol. The monoisotopic (exact) mass is 433 g/mol. The maximum Gasteiger partial charge on any atom is 0.243 e. The van der Waals surface area contributed by atoms with Crippen molar-refractivity contribution < 1.29 is 12.9 Å². The number of aromatic nitrogens is 2. The highest BCUT2D eigenvalue weighted by atomic mass is 79.9. The molecule has 1 aromatic heterocycles. The van der Waals surface area contributed by atoms with Gasteiger partial charge in [-0.25, -0.2) is 8.42 Å². The lowest BCUT2D eigenvalue weighted by Crippen LogP contribution is -2.31. The van der Waals surface area contributed by atoms with Crippen molar-refractivity contribution in [1.82, 2.24) is 14.4 Å². The van der Waals surface area contributed by atoms with E-state index in [1.807, 2.05) is 30.3 Å². The Morgan fingerprint density at radius 3 is 2.46 bits per heavy atom. The number of halogens is 1. The average Bonchev–Trinajstić information content (AvgIpc) is 3.11. The SMILES string of the molecule is C=CCN(Cc1nc(-c2ccccc2)no1)S(=O)(=O)c1ccc(Br)cc1. The Bertz CT molecular complexity index is 986. The van der Waals surface area contributed by atoms with Gasteiger partial charge in [0.25, 0.3) is 0 Å². The van der Waals surface area contributed by atoms with E-state index >= 15 is 0 Å². The van der Waals surface area contributed by atoms with Crippen LogP contribution in [0.1, 0.15) is 5.89 Å². The Balaban J connectivity index is 1.86. The fourth-order valence-electron chi connectivity index (χ4n) is 2.32. The van der Waals surface area contributed by atoms with E-state index < -0.39 is 10.0 Å². The topological polar surface area (TPSA) is 76.3 Å². The Morgan fingerprint density at radius 2 is 1.81 bits per heavy atom. The van der Waals surface area contributed by atoms with E-state index in [-0.39, 0.29) is 23.9 Å². The van der Waals surface area contributed by atoms with Crippen molar-refractivity contribution in [3.63, 3.8) is 0 Å². The van der Waals surface area contributed by atoms with Crippen molar-refractivity contribution in [3.05, 3.63) is 77.6 Å². The molecule has 6 nitrogen and oxygen atoms in total. The lowest BCUT2D eigenvalue weighted by Gasteiger charge is -2.18. The first-order valence-electron chi connectivity index (χ1n) is 7.75. The first-order valence-corrected chi connectivity index (χ1v) is 9.98. The number of nitrogens with zero attached hydrogens (tertiary/aromatic N) is 3. The van der Waals surface area contributed by atoms with Crippen LogP contribution in [0.5, 0.6) is 0 Å². The summed E-state index contributed by atoms with van der Waals surface area (Å²) in [4.78, 5) is 4.48. The van der Waals surface area contributed by atoms with Gasteiger partial charge in [-0.2, -0.15) is 9.29 Å². The van der Waals surface area contributed by atoms with Gasteiger partial charge in [-0.1, -0.05) is 57.5 Å². The first-order chi connectivity index (χ1) is 12.5. The summed E-state index contributed by atoms with van der Waals surface area (Å²) < 4.78 is 33.1. The molecule has 0 atom stereocenters. The zero-order chi connectivity index (χ0) is 18.6. The van der Waals surface area contributed by atoms with Crippen LogP contribution in [0.4, 0.5) is 0 Å². The van der Waals surface area contributed by atoms with Gasteiger partial charge in [0, 0.05) is 16.6 Å². The molecule has 0 bridgehead atoms. The maximum atomic E-state index is 12.9. The second kappa shape index (κ2) is 7.94. The minimum atomic E-state index is -3.72. The molecule has 0 N–H and O–H groups in total. The molecule has 0 unspecified atom stereocenters. The predicted octanol–water partition coefficient (Wildman–Crippen LogP) is 3.88. The molecule has 0 spiro atoms. The third-order valence-corrected chi connectivity index (χ3v) is 5.95. The van der Waals surface area contributed by atoms with Crippen LogP contribution >= 0.6 is 15.9 Å². The zero-order valence-corrected chi connectivity index (χ0v) is 16.1. The molecule has 0 saturated carbocycles. The van der Waals surface area contributed by atoms with E-state index in [9.17, 15) is 8.42 Å². The normalized spacial score (nSPS) is 11.6. The maximum absolute atomic E-state index is 12.9. The molecule has 0 aliphatic heterocycles. The third kappa shape index (κ3) is 4.09. The molecule has 8 heteroatoms. The molecule has 0 aliphatic rings. The largest absolute Gasteiger partial charge is 0.338 e. The minimum absolute atomic E-state index is 0.0374. The van der Waals surface area contributed by atoms with Gasteiger partial charge >= 0.3 is 0 Å². The summed E-state index contributed by atoms with van der Waals surface area (Å²) in [5.41, 5.74) is 0.800. The minimum Gasteiger partial charge on any atom is -0.338 e. The van der Waals surface area contributed by atoms with Gasteiger partial charge in [0.1, 0.15) is 0 Å². The summed E-state index contributed by atoms with van der Waals surface area (Å²) in [7, 11) is -3.72. The summed E-state index contributed by atoms with van der Waals surface area (Å²) in [6, 6.07) is 15.8. The van der Waals surface area contributed by atoms with Crippen molar-refractivity contribution in [2.24, 2.45) is 0 Å². The summed E-state index contributed by atoms with van der Waals surface area (Å²) >= 11 is 3.30. The van der Waals surface area contributed by atoms with Gasteiger partial charge in [-0.3, -0.25) is 0 Å². The molecular weight excluding hydrogens is 418 g/mol. The van der Waals surface area contributed by atoms with E-state index in [1.54, 1.807) is 24.3 Å². The molecule has 1 heterocycles. The van der Waals surface area contributed by atoms with Gasteiger partial charge < -0.3 is 4.52 Å². The zero-order valence-electron chi connectivity index (χ0n) is 13.7. The van der Waals surface area contributed by atoms with E-state index in [1.165, 1.54) is 10.4 Å². The van der Waals surface area contributed by atoms with Crippen LogP contribution in [0.15, 0.2) is 81.1 Å². The van der Waals surface area contributed by atoms with E-state index in [4.69, 9.17) is 4.52 Å². The van der Waals surface area contributed by atoms with Gasteiger partial charge in [0.05, 0.1) is 11.4 Å². The molecule has 0 fully saturated rings. The lowest BCUT2D eigenvalue weighted by atomic mass is 10.2. The lowest BCUT2D eigenvalue weighted by molar-refractivity contribution is 0.327. The van der Waals surface area contributed by atoms with Crippen LogP contribution in [0, 0.1) is 0 Å². The first kappa shape index (κ1) is 18.5. The molecular formula is C18H16BrN3O3S. The van der Waals surface area contributed by atoms with Crippen LogP contribution in [0.2, 0.25) is 0 Å². The predicted molar refractivity (Wildman–Crippen MR) is 102 cm³/mol. The molecule has 26 heavy (non-hydrogen) atoms. The number of hydrogen-bond acceptors (Lipinski definition) is 5. The smallest absolute Gasteiger partial charge is 0.243 e. The standard InChI is InChI=1S/C18H16BrN3O3S/c1-2-12-22(26(23,24)16-10-8-15(19)9-11-16)13-17-20-18(21-25-17)14-6-4-3-5-7-14/h2-11H,1,12-13H2. The second-order valence-electron chi connectivity index (χ2n) is 5.42. The number of sulfonamides is 1. The van der Waals surface area contributed by atoms with Crippen LogP contribution < -0.4 is 0 Å². The van der Waals surface area contributed by atoms with Gasteiger partial charge in [-0.05, 0) is 24.3 Å². The Kier molecular flexibility index (Phi) is 5.65. The van der Waals surface area contributed by atoms with Crippen molar-refractivity contribution >= 4 is 26.0 Å². The Labute approximate surface area is 160 Å². The van der Waals surface area contributed by atoms with Gasteiger partial charge in [0.2, 0.25) is 21.7 Å². The summed E-state index contributed by atoms with van der Waals surface area (Å²) in [5, 5.41) is 3.93. The van der Waals surface area contributed by atoms with Crippen molar-refractivity contribution in [3.8, 4) is 11.4 Å². The fraction of sp³-hybridized carbons (Fsp3) is 0.111. The number of rotatable bonds is 7. The van der Waals surface area contributed by atoms with Crippen molar-refractivity contribution in [1.29, 1.82) is 0 Å². The van der Waals surface area contributed by atoms with Gasteiger partial charge in [0.15, 0.2) is 0 Å². The molecule has 3 aromatic rings. The molecule has 0 saturated heterocycles. The van der Waals surface area contributed by atoms with Crippen LogP contribution in [-0.2, 0) is 16.6 Å². The quantitative estimate of drug-likeness (QED) is 0.528. The third-order valence-electron chi connectivity index (χ3n) is 3.60. The van der Waals surface area contributed by atoms with E-state index in [2.05, 4.69) is 32.6 Å². The fourth-order valence-corrected chi connectivity index (χ4v) is 3.95. The van der Waals surface area contributed by atoms with E-state index in [0.717, 1.165) is 10.0 Å². The van der Waals surface area contributed by atoms with Crippen molar-refractivity contribution in [2.75, 3.05) is 6.54 Å².